The minimum absolute atomic E-state index is 0.109. The number of methoxy groups -OCH3 is 1. The number of hydrogen-bond acceptors (Lipinski definition) is 5. The molecule has 0 saturated heterocycles. The zero-order valence-corrected chi connectivity index (χ0v) is 15.1. The van der Waals surface area contributed by atoms with Crippen LogP contribution in [0.15, 0.2) is 41.5 Å². The number of phenols is 1. The Balaban J connectivity index is 2.04. The Morgan fingerprint density at radius 2 is 2.12 bits per heavy atom. The highest BCUT2D eigenvalue weighted by atomic mass is 35.5. The molecule has 2 aromatic carbocycles. The van der Waals surface area contributed by atoms with Crippen LogP contribution < -0.4 is 4.74 Å². The maximum absolute atomic E-state index is 9.80. The molecule has 0 unspecified atom stereocenters. The van der Waals surface area contributed by atoms with E-state index in [1.165, 1.54) is 11.8 Å². The van der Waals surface area contributed by atoms with Crippen LogP contribution in [-0.4, -0.2) is 33.3 Å². The molecule has 0 atom stereocenters. The van der Waals surface area contributed by atoms with E-state index < -0.39 is 0 Å². The van der Waals surface area contributed by atoms with E-state index in [0.717, 1.165) is 11.1 Å². The Labute approximate surface area is 154 Å². The predicted molar refractivity (Wildman–Crippen MR) is 100 cm³/mol. The lowest BCUT2D eigenvalue weighted by molar-refractivity contribution is 0.373. The van der Waals surface area contributed by atoms with Crippen LogP contribution in [0.25, 0.3) is 11.4 Å². The first-order chi connectivity index (χ1) is 12.0. The number of aromatic nitrogens is 3. The highest BCUT2D eigenvalue weighted by Crippen LogP contribution is 2.34. The minimum Gasteiger partial charge on any atom is -0.503 e. The molecular weight excluding hydrogens is 360 g/mol. The molecule has 0 aliphatic heterocycles. The number of nitrogens with zero attached hydrogens (tertiary/aromatic N) is 3. The second-order valence-electron chi connectivity index (χ2n) is 5.28. The van der Waals surface area contributed by atoms with Gasteiger partial charge in [-0.2, -0.15) is 14.9 Å². The molecule has 2 N–H and O–H groups in total. The molecule has 6 nitrogen and oxygen atoms in total. The lowest BCUT2D eigenvalue weighted by Gasteiger charge is -2.06. The smallest absolute Gasteiger partial charge is 0.216 e. The average Bonchev–Trinajstić information content (AvgIpc) is 2.96. The molecule has 0 radical (unpaired) electrons. The molecule has 3 rings (SSSR count). The van der Waals surface area contributed by atoms with Crippen molar-refractivity contribution in [3.8, 4) is 22.9 Å². The standard InChI is InChI=1S/C17H15ClN4O2S/c1-10-5-3-4-6-12(10)16-20-21-17(25)22(16)19-9-11-7-13(18)15(23)14(8-11)24-2/h3-9,23H,1-2H3,(H,21,25)/b19-9+. The van der Waals surface area contributed by atoms with E-state index >= 15 is 0 Å². The van der Waals surface area contributed by atoms with Crippen LogP contribution in [0.2, 0.25) is 5.02 Å². The number of aromatic amines is 1. The molecule has 0 bridgehead atoms. The molecule has 0 amide bonds. The van der Waals surface area contributed by atoms with Crippen molar-refractivity contribution in [1.82, 2.24) is 14.9 Å². The Hall–Kier alpha value is -2.64. The maximum Gasteiger partial charge on any atom is 0.216 e. The summed E-state index contributed by atoms with van der Waals surface area (Å²) in [5.74, 6) is 0.766. The molecule has 3 aromatic rings. The first-order valence-corrected chi connectivity index (χ1v) is 8.14. The highest BCUT2D eigenvalue weighted by Gasteiger charge is 2.11. The van der Waals surface area contributed by atoms with Crippen LogP contribution in [0.1, 0.15) is 11.1 Å². The Bertz CT molecular complexity index is 1010. The van der Waals surface area contributed by atoms with Gasteiger partial charge in [0.2, 0.25) is 4.77 Å². The van der Waals surface area contributed by atoms with Crippen molar-refractivity contribution in [2.45, 2.75) is 6.92 Å². The molecule has 1 aromatic heterocycles. The van der Waals surface area contributed by atoms with E-state index in [9.17, 15) is 5.11 Å². The normalized spacial score (nSPS) is 11.2. The van der Waals surface area contributed by atoms with Crippen molar-refractivity contribution in [2.24, 2.45) is 5.10 Å². The number of aryl methyl sites for hydroxylation is 1. The van der Waals surface area contributed by atoms with Gasteiger partial charge in [-0.3, -0.25) is 0 Å². The van der Waals surface area contributed by atoms with E-state index in [2.05, 4.69) is 15.3 Å². The second kappa shape index (κ2) is 7.08. The fourth-order valence-electron chi connectivity index (χ4n) is 2.35. The number of aromatic hydroxyl groups is 1. The Morgan fingerprint density at radius 3 is 2.84 bits per heavy atom. The summed E-state index contributed by atoms with van der Waals surface area (Å²) >= 11 is 11.3. The summed E-state index contributed by atoms with van der Waals surface area (Å²) < 4.78 is 6.99. The number of H-pyrrole nitrogens is 1. The summed E-state index contributed by atoms with van der Waals surface area (Å²) in [6.07, 6.45) is 1.57. The highest BCUT2D eigenvalue weighted by molar-refractivity contribution is 7.71. The lowest BCUT2D eigenvalue weighted by Crippen LogP contribution is -1.97. The Kier molecular flexibility index (Phi) is 4.87. The third-order valence-electron chi connectivity index (χ3n) is 3.63. The van der Waals surface area contributed by atoms with E-state index in [-0.39, 0.29) is 16.5 Å². The Morgan fingerprint density at radius 1 is 1.36 bits per heavy atom. The quantitative estimate of drug-likeness (QED) is 0.531. The zero-order valence-electron chi connectivity index (χ0n) is 13.5. The summed E-state index contributed by atoms with van der Waals surface area (Å²) in [6.45, 7) is 1.99. The molecule has 1 heterocycles. The van der Waals surface area contributed by atoms with Gasteiger partial charge in [-0.05, 0) is 42.4 Å². The maximum atomic E-state index is 9.80. The second-order valence-corrected chi connectivity index (χ2v) is 6.07. The monoisotopic (exact) mass is 374 g/mol. The third-order valence-corrected chi connectivity index (χ3v) is 4.18. The van der Waals surface area contributed by atoms with Gasteiger partial charge in [0.15, 0.2) is 17.3 Å². The van der Waals surface area contributed by atoms with Crippen LogP contribution in [0.5, 0.6) is 11.5 Å². The number of nitrogens with one attached hydrogen (secondary N) is 1. The molecule has 0 aliphatic carbocycles. The van der Waals surface area contributed by atoms with E-state index in [4.69, 9.17) is 28.6 Å². The van der Waals surface area contributed by atoms with Crippen LogP contribution in [0.3, 0.4) is 0 Å². The fourth-order valence-corrected chi connectivity index (χ4v) is 2.74. The average molecular weight is 375 g/mol. The molecular formula is C17H15ClN4O2S. The van der Waals surface area contributed by atoms with Crippen LogP contribution in [-0.2, 0) is 0 Å². The first-order valence-electron chi connectivity index (χ1n) is 7.35. The van der Waals surface area contributed by atoms with Gasteiger partial charge in [0.1, 0.15) is 0 Å². The van der Waals surface area contributed by atoms with Crippen LogP contribution >= 0.6 is 23.8 Å². The molecule has 0 spiro atoms. The van der Waals surface area contributed by atoms with Crippen LogP contribution in [0, 0.1) is 11.7 Å². The molecule has 8 heteroatoms. The van der Waals surface area contributed by atoms with Gasteiger partial charge in [-0.15, -0.1) is 0 Å². The van der Waals surface area contributed by atoms with Crippen LogP contribution in [0.4, 0.5) is 0 Å². The first kappa shape index (κ1) is 17.2. The summed E-state index contributed by atoms with van der Waals surface area (Å²) in [6, 6.07) is 11.0. The van der Waals surface area contributed by atoms with E-state index in [1.54, 1.807) is 18.3 Å². The summed E-state index contributed by atoms with van der Waals surface area (Å²) in [7, 11) is 1.45. The number of halogens is 1. The third kappa shape index (κ3) is 3.42. The SMILES string of the molecule is COc1cc(/C=N/n2c(-c3ccccc3C)n[nH]c2=S)cc(Cl)c1O. The number of ether oxygens (including phenoxy) is 1. The van der Waals surface area contributed by atoms with Gasteiger partial charge in [0, 0.05) is 5.56 Å². The molecule has 0 aliphatic rings. The number of phenolic OH excluding ortho intramolecular Hbond substituents is 1. The number of rotatable bonds is 4. The summed E-state index contributed by atoms with van der Waals surface area (Å²) in [4.78, 5) is 0. The van der Waals surface area contributed by atoms with Gasteiger partial charge in [-0.25, -0.2) is 5.10 Å². The van der Waals surface area contributed by atoms with Crippen molar-refractivity contribution in [3.63, 3.8) is 0 Å². The zero-order chi connectivity index (χ0) is 18.0. The van der Waals surface area contributed by atoms with E-state index in [1.807, 2.05) is 31.2 Å². The topological polar surface area (TPSA) is 75.4 Å². The molecule has 25 heavy (non-hydrogen) atoms. The largest absolute Gasteiger partial charge is 0.503 e. The molecule has 0 fully saturated rings. The van der Waals surface area contributed by atoms with Crippen molar-refractivity contribution in [2.75, 3.05) is 7.11 Å². The van der Waals surface area contributed by atoms with Gasteiger partial charge in [0.25, 0.3) is 0 Å². The van der Waals surface area contributed by atoms with Crippen molar-refractivity contribution >= 4 is 30.0 Å². The molecule has 0 saturated carbocycles. The number of hydrogen-bond donors (Lipinski definition) is 2. The van der Waals surface area contributed by atoms with Gasteiger partial charge in [0.05, 0.1) is 18.3 Å². The summed E-state index contributed by atoms with van der Waals surface area (Å²) in [5, 5.41) is 21.4. The van der Waals surface area contributed by atoms with Crippen molar-refractivity contribution < 1.29 is 9.84 Å². The molecule has 128 valence electrons. The number of benzene rings is 2. The van der Waals surface area contributed by atoms with Gasteiger partial charge >= 0.3 is 0 Å². The van der Waals surface area contributed by atoms with Gasteiger partial charge in [-0.1, -0.05) is 35.9 Å². The fraction of sp³-hybridized carbons (Fsp3) is 0.118. The van der Waals surface area contributed by atoms with E-state index in [0.29, 0.717) is 16.2 Å². The summed E-state index contributed by atoms with van der Waals surface area (Å²) in [5.41, 5.74) is 2.63. The van der Waals surface area contributed by atoms with Crippen molar-refractivity contribution in [1.29, 1.82) is 0 Å². The van der Waals surface area contributed by atoms with Gasteiger partial charge < -0.3 is 9.84 Å². The van der Waals surface area contributed by atoms with Crippen molar-refractivity contribution in [3.05, 3.63) is 57.3 Å². The predicted octanol–water partition coefficient (Wildman–Crippen LogP) is 4.17. The minimum atomic E-state index is -0.109. The lowest BCUT2D eigenvalue weighted by atomic mass is 10.1.